The lowest BCUT2D eigenvalue weighted by atomic mass is 10.1. The number of rotatable bonds is 3. The van der Waals surface area contributed by atoms with Crippen LogP contribution in [0.4, 0.5) is 4.39 Å². The second-order valence-electron chi connectivity index (χ2n) is 5.27. The molecule has 2 heterocycles. The zero-order chi connectivity index (χ0) is 16.6. The van der Waals surface area contributed by atoms with Crippen molar-refractivity contribution in [3.63, 3.8) is 0 Å². The third kappa shape index (κ3) is 3.00. The van der Waals surface area contributed by atoms with Gasteiger partial charge in [0, 0.05) is 12.6 Å². The maximum Gasteiger partial charge on any atom is 0.268 e. The van der Waals surface area contributed by atoms with Crippen molar-refractivity contribution in [3.8, 4) is 0 Å². The maximum atomic E-state index is 13.6. The minimum atomic E-state index is -0.421. The largest absolute Gasteiger partial charge is 0.334 e. The molecule has 0 aliphatic carbocycles. The van der Waals surface area contributed by atoms with E-state index in [0.29, 0.717) is 21.6 Å². The maximum absolute atomic E-state index is 13.6. The van der Waals surface area contributed by atoms with Gasteiger partial charge >= 0.3 is 0 Å². The summed E-state index contributed by atoms with van der Waals surface area (Å²) in [4.78, 5) is 32.7. The molecule has 0 saturated carbocycles. The van der Waals surface area contributed by atoms with Crippen molar-refractivity contribution in [1.82, 2.24) is 14.9 Å². The summed E-state index contributed by atoms with van der Waals surface area (Å²) in [5.74, 6) is -0.364. The summed E-state index contributed by atoms with van der Waals surface area (Å²) in [6, 6.07) is 6.12. The third-order valence-corrected chi connectivity index (χ3v) is 4.42. The van der Waals surface area contributed by atoms with Crippen molar-refractivity contribution in [3.05, 3.63) is 62.8 Å². The van der Waals surface area contributed by atoms with Gasteiger partial charge in [0.2, 0.25) is 0 Å². The molecule has 1 aromatic carbocycles. The lowest BCUT2D eigenvalue weighted by molar-refractivity contribution is 0.0781. The Morgan fingerprint density at radius 3 is 2.91 bits per heavy atom. The number of carbonyl (C=O) groups excluding carboxylic acids is 1. The van der Waals surface area contributed by atoms with Crippen LogP contribution >= 0.6 is 11.3 Å². The van der Waals surface area contributed by atoms with Crippen molar-refractivity contribution in [1.29, 1.82) is 0 Å². The molecule has 0 aliphatic heterocycles. The Labute approximate surface area is 135 Å². The van der Waals surface area contributed by atoms with E-state index in [4.69, 9.17) is 0 Å². The number of hydrogen-bond donors (Lipinski definition) is 1. The van der Waals surface area contributed by atoms with Gasteiger partial charge in [-0.25, -0.2) is 9.37 Å². The lowest BCUT2D eigenvalue weighted by Gasteiger charge is -2.16. The van der Waals surface area contributed by atoms with Gasteiger partial charge in [-0.3, -0.25) is 9.59 Å². The first-order valence-electron chi connectivity index (χ1n) is 6.93. The highest BCUT2D eigenvalue weighted by atomic mass is 32.1. The number of hydrogen-bond acceptors (Lipinski definition) is 4. The molecule has 0 atom stereocenters. The minimum absolute atomic E-state index is 0.134. The molecule has 118 valence electrons. The second-order valence-corrected chi connectivity index (χ2v) is 6.19. The van der Waals surface area contributed by atoms with E-state index in [1.54, 1.807) is 37.6 Å². The highest BCUT2D eigenvalue weighted by molar-refractivity contribution is 7.17. The molecular formula is C16H14FN3O2S. The number of benzene rings is 1. The number of halogens is 1. The summed E-state index contributed by atoms with van der Waals surface area (Å²) in [6.07, 6.45) is 0. The van der Waals surface area contributed by atoms with E-state index in [0.717, 1.165) is 0 Å². The van der Waals surface area contributed by atoms with Crippen molar-refractivity contribution in [2.75, 3.05) is 7.05 Å². The Kier molecular flexibility index (Phi) is 3.96. The molecule has 2 aromatic heterocycles. The summed E-state index contributed by atoms with van der Waals surface area (Å²) in [7, 11) is 1.58. The first-order chi connectivity index (χ1) is 11.0. The van der Waals surface area contributed by atoms with Crippen LogP contribution in [0.5, 0.6) is 0 Å². The zero-order valence-corrected chi connectivity index (χ0v) is 13.4. The van der Waals surface area contributed by atoms with Gasteiger partial charge < -0.3 is 9.88 Å². The Bertz CT molecular complexity index is 948. The molecule has 0 spiro atoms. The Morgan fingerprint density at radius 1 is 1.39 bits per heavy atom. The van der Waals surface area contributed by atoms with E-state index < -0.39 is 5.82 Å². The summed E-state index contributed by atoms with van der Waals surface area (Å²) < 4.78 is 14.2. The smallest absolute Gasteiger partial charge is 0.268 e. The number of aromatic nitrogens is 2. The molecule has 0 saturated heterocycles. The molecule has 7 heteroatoms. The fraction of sp³-hybridized carbons (Fsp3) is 0.188. The first kappa shape index (κ1) is 15.4. The van der Waals surface area contributed by atoms with Crippen molar-refractivity contribution < 1.29 is 9.18 Å². The van der Waals surface area contributed by atoms with E-state index in [-0.39, 0.29) is 23.6 Å². The molecule has 0 fully saturated rings. The van der Waals surface area contributed by atoms with Crippen LogP contribution in [0.1, 0.15) is 21.7 Å². The number of nitrogens with one attached hydrogen (secondary N) is 1. The van der Waals surface area contributed by atoms with E-state index in [9.17, 15) is 14.0 Å². The van der Waals surface area contributed by atoms with Crippen LogP contribution in [0.25, 0.3) is 10.2 Å². The van der Waals surface area contributed by atoms with Crippen LogP contribution < -0.4 is 5.56 Å². The molecule has 0 bridgehead atoms. The third-order valence-electron chi connectivity index (χ3n) is 3.52. The van der Waals surface area contributed by atoms with Gasteiger partial charge in [0.15, 0.2) is 0 Å². The first-order valence-corrected chi connectivity index (χ1v) is 7.81. The number of nitrogens with zero attached hydrogens (tertiary/aromatic N) is 2. The molecule has 0 radical (unpaired) electrons. The van der Waals surface area contributed by atoms with E-state index in [1.807, 2.05) is 0 Å². The number of amides is 1. The van der Waals surface area contributed by atoms with Gasteiger partial charge in [0.1, 0.15) is 16.3 Å². The SMILES string of the molecule is Cc1ccc(C(=O)N(C)Cc2nc3ccsc3c(=O)[nH]2)cc1F. The van der Waals surface area contributed by atoms with Crippen molar-refractivity contribution in [2.24, 2.45) is 0 Å². The monoisotopic (exact) mass is 331 g/mol. The molecule has 1 N–H and O–H groups in total. The van der Waals surface area contributed by atoms with Crippen LogP contribution in [0.2, 0.25) is 0 Å². The zero-order valence-electron chi connectivity index (χ0n) is 12.6. The number of aryl methyl sites for hydroxylation is 1. The van der Waals surface area contributed by atoms with Crippen LogP contribution in [-0.2, 0) is 6.54 Å². The molecule has 3 rings (SSSR count). The molecule has 0 unspecified atom stereocenters. The predicted molar refractivity (Wildman–Crippen MR) is 87.2 cm³/mol. The minimum Gasteiger partial charge on any atom is -0.334 e. The standard InChI is InChI=1S/C16H14FN3O2S/c1-9-3-4-10(7-11(9)17)16(22)20(2)8-13-18-12-5-6-23-14(12)15(21)19-13/h3-7H,8H2,1-2H3,(H,18,19,21). The molecule has 1 amide bonds. The Morgan fingerprint density at radius 2 is 2.17 bits per heavy atom. The van der Waals surface area contributed by atoms with Crippen LogP contribution in [-0.4, -0.2) is 27.8 Å². The number of H-pyrrole nitrogens is 1. The normalized spacial score (nSPS) is 10.9. The Hall–Kier alpha value is -2.54. The fourth-order valence-corrected chi connectivity index (χ4v) is 2.96. The van der Waals surface area contributed by atoms with Crippen molar-refractivity contribution >= 4 is 27.5 Å². The van der Waals surface area contributed by atoms with Gasteiger partial charge in [0.25, 0.3) is 11.5 Å². The van der Waals surface area contributed by atoms with Gasteiger partial charge in [0.05, 0.1) is 12.1 Å². The highest BCUT2D eigenvalue weighted by Gasteiger charge is 2.15. The lowest BCUT2D eigenvalue weighted by Crippen LogP contribution is -2.28. The quantitative estimate of drug-likeness (QED) is 0.802. The van der Waals surface area contributed by atoms with Gasteiger partial charge in [-0.05, 0) is 36.1 Å². The summed E-state index contributed by atoms with van der Waals surface area (Å²) in [5, 5.41) is 1.79. The molecule has 3 aromatic rings. The molecule has 0 aliphatic rings. The number of aromatic amines is 1. The van der Waals surface area contributed by atoms with Gasteiger partial charge in [-0.15, -0.1) is 11.3 Å². The number of fused-ring (bicyclic) bond motifs is 1. The van der Waals surface area contributed by atoms with Crippen LogP contribution in [0, 0.1) is 12.7 Å². The second kappa shape index (κ2) is 5.92. The predicted octanol–water partition coefficient (Wildman–Crippen LogP) is 2.70. The van der Waals surface area contributed by atoms with E-state index in [2.05, 4.69) is 9.97 Å². The fourth-order valence-electron chi connectivity index (χ4n) is 2.24. The van der Waals surface area contributed by atoms with E-state index in [1.165, 1.54) is 22.3 Å². The topological polar surface area (TPSA) is 66.1 Å². The summed E-state index contributed by atoms with van der Waals surface area (Å²) >= 11 is 1.32. The number of carbonyl (C=O) groups is 1. The molecule has 5 nitrogen and oxygen atoms in total. The average Bonchev–Trinajstić information content (AvgIpc) is 2.98. The summed E-state index contributed by atoms with van der Waals surface area (Å²) in [5.41, 5.74) is 1.13. The van der Waals surface area contributed by atoms with Gasteiger partial charge in [-0.2, -0.15) is 0 Å². The Balaban J connectivity index is 1.84. The van der Waals surface area contributed by atoms with Crippen LogP contribution in [0.15, 0.2) is 34.4 Å². The van der Waals surface area contributed by atoms with Crippen LogP contribution in [0.3, 0.4) is 0 Å². The molecule has 23 heavy (non-hydrogen) atoms. The summed E-state index contributed by atoms with van der Waals surface area (Å²) in [6.45, 7) is 1.77. The van der Waals surface area contributed by atoms with Gasteiger partial charge in [-0.1, -0.05) is 6.07 Å². The van der Waals surface area contributed by atoms with E-state index >= 15 is 0 Å². The average molecular weight is 331 g/mol. The molecular weight excluding hydrogens is 317 g/mol. The number of thiophene rings is 1. The highest BCUT2D eigenvalue weighted by Crippen LogP contribution is 2.15. The van der Waals surface area contributed by atoms with Crippen molar-refractivity contribution in [2.45, 2.75) is 13.5 Å².